The number of nitrogens with two attached hydrogens (primary N) is 1. The molecule has 0 aliphatic heterocycles. The molecule has 1 aromatic heterocycles. The van der Waals surface area contributed by atoms with Crippen LogP contribution in [0.15, 0.2) is 24.4 Å². The average Bonchev–Trinajstić information content (AvgIpc) is 2.16. The van der Waals surface area contributed by atoms with Crippen molar-refractivity contribution in [1.29, 1.82) is 0 Å². The van der Waals surface area contributed by atoms with Gasteiger partial charge in [-0.25, -0.2) is 0 Å². The third kappa shape index (κ3) is 5.50. The quantitative estimate of drug-likeness (QED) is 0.823. The second-order valence-electron chi connectivity index (χ2n) is 2.96. The molecule has 1 atom stereocenters. The van der Waals surface area contributed by atoms with Crippen LogP contribution in [0.25, 0.3) is 0 Å². The Kier molecular flexibility index (Phi) is 7.73. The molecule has 0 bridgehead atoms. The van der Waals surface area contributed by atoms with E-state index in [0.717, 1.165) is 18.5 Å². The SMILES string of the molecule is [CH2-]C(CN)CCc1ccccn1.[Y+3]. The van der Waals surface area contributed by atoms with Gasteiger partial charge in [-0.1, -0.05) is 12.5 Å². The first kappa shape index (κ1) is 13.2. The van der Waals surface area contributed by atoms with Crippen molar-refractivity contribution in [2.24, 2.45) is 11.7 Å². The number of aryl methyl sites for hydroxylation is 1. The largest absolute Gasteiger partial charge is 3.00 e. The van der Waals surface area contributed by atoms with Crippen molar-refractivity contribution in [2.45, 2.75) is 12.8 Å². The van der Waals surface area contributed by atoms with Crippen LogP contribution in [0.5, 0.6) is 0 Å². The summed E-state index contributed by atoms with van der Waals surface area (Å²) in [5, 5.41) is 0. The third-order valence-corrected chi connectivity index (χ3v) is 1.87. The van der Waals surface area contributed by atoms with Crippen molar-refractivity contribution >= 4 is 0 Å². The molecule has 0 radical (unpaired) electrons. The third-order valence-electron chi connectivity index (χ3n) is 1.87. The zero-order valence-electron chi connectivity index (χ0n) is 7.82. The van der Waals surface area contributed by atoms with Crippen LogP contribution in [0.1, 0.15) is 12.1 Å². The normalized spacial score (nSPS) is 11.8. The second-order valence-corrected chi connectivity index (χ2v) is 2.96. The maximum atomic E-state index is 5.45. The van der Waals surface area contributed by atoms with Crippen molar-refractivity contribution in [3.05, 3.63) is 37.0 Å². The van der Waals surface area contributed by atoms with Gasteiger partial charge in [-0.15, -0.1) is 0 Å². The summed E-state index contributed by atoms with van der Waals surface area (Å²) in [6, 6.07) is 5.96. The molecule has 1 heterocycles. The number of hydrogen-bond acceptors (Lipinski definition) is 2. The molecule has 2 N–H and O–H groups in total. The molecule has 1 unspecified atom stereocenters. The fraction of sp³-hybridized carbons (Fsp3) is 0.400. The van der Waals surface area contributed by atoms with Crippen LogP contribution >= 0.6 is 0 Å². The standard InChI is InChI=1S/C10H15N2.Y/c1-9(8-11)5-6-10-4-2-3-7-12-10;/h2-4,7,9H,1,5-6,8,11H2;/q-1;+3. The Balaban J connectivity index is 0.00000144. The maximum absolute atomic E-state index is 5.45. The van der Waals surface area contributed by atoms with Gasteiger partial charge in [-0.05, 0) is 25.1 Å². The van der Waals surface area contributed by atoms with Crippen LogP contribution in [0.4, 0.5) is 0 Å². The monoisotopic (exact) mass is 252 g/mol. The Bertz CT molecular complexity index is 213. The zero-order chi connectivity index (χ0) is 8.81. The zero-order valence-corrected chi connectivity index (χ0v) is 10.7. The van der Waals surface area contributed by atoms with Gasteiger partial charge in [-0.2, -0.15) is 5.92 Å². The van der Waals surface area contributed by atoms with Gasteiger partial charge in [0.05, 0.1) is 0 Å². The van der Waals surface area contributed by atoms with Crippen molar-refractivity contribution < 1.29 is 32.7 Å². The van der Waals surface area contributed by atoms with Crippen LogP contribution in [0.3, 0.4) is 0 Å². The fourth-order valence-electron chi connectivity index (χ4n) is 1.02. The second kappa shape index (κ2) is 7.60. The fourth-order valence-corrected chi connectivity index (χ4v) is 1.02. The molecular formula is C10H15N2Y+2. The Morgan fingerprint density at radius 3 is 2.77 bits per heavy atom. The van der Waals surface area contributed by atoms with E-state index in [9.17, 15) is 0 Å². The van der Waals surface area contributed by atoms with E-state index in [1.165, 1.54) is 0 Å². The molecule has 0 spiro atoms. The molecular weight excluding hydrogens is 237 g/mol. The van der Waals surface area contributed by atoms with Crippen LogP contribution < -0.4 is 5.73 Å². The topological polar surface area (TPSA) is 38.9 Å². The number of aromatic nitrogens is 1. The molecule has 0 saturated carbocycles. The molecule has 0 fully saturated rings. The first-order valence-electron chi connectivity index (χ1n) is 4.26. The molecule has 1 rings (SSSR count). The van der Waals surface area contributed by atoms with Crippen LogP contribution in [-0.4, -0.2) is 11.5 Å². The number of hydrogen-bond donors (Lipinski definition) is 1. The van der Waals surface area contributed by atoms with Crippen molar-refractivity contribution in [1.82, 2.24) is 4.98 Å². The Hall–Kier alpha value is 0.214. The summed E-state index contributed by atoms with van der Waals surface area (Å²) >= 11 is 0. The van der Waals surface area contributed by atoms with Crippen LogP contribution in [0, 0.1) is 12.8 Å². The van der Waals surface area contributed by atoms with Crippen LogP contribution in [0.2, 0.25) is 0 Å². The Morgan fingerprint density at radius 1 is 1.46 bits per heavy atom. The van der Waals surface area contributed by atoms with Gasteiger partial charge in [0.25, 0.3) is 0 Å². The first-order chi connectivity index (χ1) is 5.83. The Morgan fingerprint density at radius 2 is 2.23 bits per heavy atom. The molecule has 13 heavy (non-hydrogen) atoms. The van der Waals surface area contributed by atoms with Gasteiger partial charge in [-0.3, -0.25) is 4.98 Å². The predicted molar refractivity (Wildman–Crippen MR) is 50.5 cm³/mol. The van der Waals surface area contributed by atoms with Crippen molar-refractivity contribution in [2.75, 3.05) is 6.54 Å². The van der Waals surface area contributed by atoms with Crippen molar-refractivity contribution in [3.8, 4) is 0 Å². The summed E-state index contributed by atoms with van der Waals surface area (Å²) in [5.41, 5.74) is 6.58. The van der Waals surface area contributed by atoms with Gasteiger partial charge in [0.15, 0.2) is 0 Å². The van der Waals surface area contributed by atoms with Gasteiger partial charge < -0.3 is 12.7 Å². The van der Waals surface area contributed by atoms with E-state index in [2.05, 4.69) is 11.9 Å². The van der Waals surface area contributed by atoms with Crippen molar-refractivity contribution in [3.63, 3.8) is 0 Å². The number of rotatable bonds is 4. The summed E-state index contributed by atoms with van der Waals surface area (Å²) in [4.78, 5) is 4.22. The molecule has 0 aliphatic rings. The molecule has 66 valence electrons. The summed E-state index contributed by atoms with van der Waals surface area (Å²) in [7, 11) is 0. The summed E-state index contributed by atoms with van der Waals surface area (Å²) in [6.45, 7) is 4.58. The summed E-state index contributed by atoms with van der Waals surface area (Å²) in [5.74, 6) is 0.354. The van der Waals surface area contributed by atoms with E-state index in [1.54, 1.807) is 0 Å². The van der Waals surface area contributed by atoms with E-state index in [-0.39, 0.29) is 32.7 Å². The smallest absolute Gasteiger partial charge is 0.339 e. The average molecular weight is 252 g/mol. The first-order valence-corrected chi connectivity index (χ1v) is 4.26. The molecule has 0 aliphatic carbocycles. The molecule has 3 heteroatoms. The number of pyridine rings is 1. The minimum absolute atomic E-state index is 0. The minimum atomic E-state index is 0. The molecule has 2 nitrogen and oxygen atoms in total. The maximum Gasteiger partial charge on any atom is 3.00 e. The predicted octanol–water partition coefficient (Wildman–Crippen LogP) is 1.42. The molecule has 1 aromatic rings. The van der Waals surface area contributed by atoms with E-state index in [4.69, 9.17) is 5.73 Å². The van der Waals surface area contributed by atoms with E-state index < -0.39 is 0 Å². The molecule has 0 aromatic carbocycles. The van der Waals surface area contributed by atoms with Gasteiger partial charge in [0, 0.05) is 11.9 Å². The molecule has 0 saturated heterocycles. The Labute approximate surface area is 105 Å². The van der Waals surface area contributed by atoms with Gasteiger partial charge in [0.2, 0.25) is 0 Å². The summed E-state index contributed by atoms with van der Waals surface area (Å²) in [6.07, 6.45) is 3.82. The van der Waals surface area contributed by atoms with Gasteiger partial charge >= 0.3 is 32.7 Å². The van der Waals surface area contributed by atoms with E-state index in [0.29, 0.717) is 12.5 Å². The summed E-state index contributed by atoms with van der Waals surface area (Å²) < 4.78 is 0. The van der Waals surface area contributed by atoms with Gasteiger partial charge in [0.1, 0.15) is 0 Å². The number of nitrogens with zero attached hydrogens (tertiary/aromatic N) is 1. The molecule has 0 amide bonds. The minimum Gasteiger partial charge on any atom is -0.339 e. The van der Waals surface area contributed by atoms with E-state index >= 15 is 0 Å². The van der Waals surface area contributed by atoms with E-state index in [1.807, 2.05) is 24.4 Å². The van der Waals surface area contributed by atoms with Crippen LogP contribution in [-0.2, 0) is 39.1 Å².